The van der Waals surface area contributed by atoms with Gasteiger partial charge in [-0.15, -0.1) is 5.10 Å². The van der Waals surface area contributed by atoms with Gasteiger partial charge in [-0.05, 0) is 57.2 Å². The minimum atomic E-state index is -0.748. The minimum absolute atomic E-state index is 0.00776. The molecule has 0 aliphatic heterocycles. The summed E-state index contributed by atoms with van der Waals surface area (Å²) in [5, 5.41) is 20.1. The van der Waals surface area contributed by atoms with Crippen molar-refractivity contribution in [3.05, 3.63) is 41.2 Å². The lowest BCUT2D eigenvalue weighted by atomic mass is 9.86. The molecule has 132 valence electrons. The predicted molar refractivity (Wildman–Crippen MR) is 91.7 cm³/mol. The van der Waals surface area contributed by atoms with E-state index in [1.807, 2.05) is 38.1 Å². The molecule has 0 unspecified atom stereocenters. The number of carboxylic acid groups (broad SMARTS) is 1. The summed E-state index contributed by atoms with van der Waals surface area (Å²) in [6, 6.07) is 7.83. The fraction of sp³-hybridized carbons (Fsp3) is 0.444. The third-order valence-electron chi connectivity index (χ3n) is 4.77. The number of carbonyl (C=O) groups excluding carboxylic acids is 1. The molecule has 1 saturated carbocycles. The topological polar surface area (TPSA) is 97.1 Å². The molecule has 2 aromatic rings. The third-order valence-corrected chi connectivity index (χ3v) is 4.77. The summed E-state index contributed by atoms with van der Waals surface area (Å²) in [6.07, 6.45) is 2.53. The van der Waals surface area contributed by atoms with Gasteiger partial charge in [0.1, 0.15) is 0 Å². The van der Waals surface area contributed by atoms with Crippen molar-refractivity contribution in [1.29, 1.82) is 0 Å². The van der Waals surface area contributed by atoms with Crippen molar-refractivity contribution in [1.82, 2.24) is 20.3 Å². The molecule has 7 nitrogen and oxygen atoms in total. The van der Waals surface area contributed by atoms with E-state index in [1.54, 1.807) is 4.68 Å². The van der Waals surface area contributed by atoms with E-state index in [0.717, 1.165) is 11.3 Å². The number of carbonyl (C=O) groups is 2. The average Bonchev–Trinajstić information content (AvgIpc) is 2.97. The Morgan fingerprint density at radius 1 is 1.20 bits per heavy atom. The molecule has 1 aromatic heterocycles. The quantitative estimate of drug-likeness (QED) is 0.888. The van der Waals surface area contributed by atoms with E-state index in [4.69, 9.17) is 5.11 Å². The molecule has 0 saturated heterocycles. The van der Waals surface area contributed by atoms with Crippen molar-refractivity contribution in [2.24, 2.45) is 5.92 Å². The van der Waals surface area contributed by atoms with Gasteiger partial charge in [0.25, 0.3) is 5.91 Å². The first-order valence-electron chi connectivity index (χ1n) is 8.48. The van der Waals surface area contributed by atoms with Crippen LogP contribution in [0.4, 0.5) is 0 Å². The fourth-order valence-electron chi connectivity index (χ4n) is 3.28. The van der Waals surface area contributed by atoms with E-state index in [-0.39, 0.29) is 17.9 Å². The highest BCUT2D eigenvalue weighted by Gasteiger charge is 2.28. The molecule has 1 heterocycles. The monoisotopic (exact) mass is 342 g/mol. The number of carboxylic acids is 1. The molecule has 0 bridgehead atoms. The highest BCUT2D eigenvalue weighted by Crippen LogP contribution is 2.24. The standard InChI is InChI=1S/C18H22N4O3/c1-11-4-3-5-15(10-11)22-12(2)16(20-21-22)17(23)19-14-8-6-13(7-9-14)18(24)25/h3-5,10,13-14H,6-9H2,1-2H3,(H,19,23)(H,24,25). The van der Waals surface area contributed by atoms with Gasteiger partial charge >= 0.3 is 5.97 Å². The number of aromatic nitrogens is 3. The van der Waals surface area contributed by atoms with Crippen LogP contribution >= 0.6 is 0 Å². The zero-order valence-corrected chi connectivity index (χ0v) is 14.4. The molecule has 3 rings (SSSR count). The first-order valence-corrected chi connectivity index (χ1v) is 8.48. The lowest BCUT2D eigenvalue weighted by Crippen LogP contribution is -2.39. The summed E-state index contributed by atoms with van der Waals surface area (Å²) in [4.78, 5) is 23.5. The summed E-state index contributed by atoms with van der Waals surface area (Å²) in [6.45, 7) is 3.81. The van der Waals surface area contributed by atoms with Crippen LogP contribution in [0.25, 0.3) is 5.69 Å². The molecule has 0 atom stereocenters. The zero-order valence-electron chi connectivity index (χ0n) is 14.4. The van der Waals surface area contributed by atoms with Gasteiger partial charge in [-0.1, -0.05) is 17.3 Å². The van der Waals surface area contributed by atoms with Crippen molar-refractivity contribution in [3.8, 4) is 5.69 Å². The highest BCUT2D eigenvalue weighted by atomic mass is 16.4. The van der Waals surface area contributed by atoms with Crippen molar-refractivity contribution in [3.63, 3.8) is 0 Å². The van der Waals surface area contributed by atoms with Crippen LogP contribution in [0.3, 0.4) is 0 Å². The Morgan fingerprint density at radius 2 is 1.92 bits per heavy atom. The lowest BCUT2D eigenvalue weighted by molar-refractivity contribution is -0.142. The number of nitrogens with one attached hydrogen (secondary N) is 1. The molecule has 0 spiro atoms. The molecule has 1 amide bonds. The van der Waals surface area contributed by atoms with Crippen LogP contribution in [0.1, 0.15) is 47.4 Å². The lowest BCUT2D eigenvalue weighted by Gasteiger charge is -2.26. The fourth-order valence-corrected chi connectivity index (χ4v) is 3.28. The van der Waals surface area contributed by atoms with Crippen molar-refractivity contribution in [2.75, 3.05) is 0 Å². The highest BCUT2D eigenvalue weighted by molar-refractivity contribution is 5.93. The molecular weight excluding hydrogens is 320 g/mol. The number of rotatable bonds is 4. The number of benzene rings is 1. The Kier molecular flexibility index (Phi) is 4.83. The molecule has 0 radical (unpaired) electrons. The van der Waals surface area contributed by atoms with Crippen molar-refractivity contribution in [2.45, 2.75) is 45.6 Å². The summed E-state index contributed by atoms with van der Waals surface area (Å²) in [5.41, 5.74) is 2.96. The maximum Gasteiger partial charge on any atom is 0.306 e. The normalized spacial score (nSPS) is 20.2. The first kappa shape index (κ1) is 17.1. The molecule has 1 aliphatic carbocycles. The van der Waals surface area contributed by atoms with E-state index in [0.29, 0.717) is 37.1 Å². The molecule has 2 N–H and O–H groups in total. The number of hydrogen-bond donors (Lipinski definition) is 2. The summed E-state index contributed by atoms with van der Waals surface area (Å²) < 4.78 is 1.66. The van der Waals surface area contributed by atoms with Gasteiger partial charge in [-0.25, -0.2) is 4.68 Å². The van der Waals surface area contributed by atoms with E-state index >= 15 is 0 Å². The van der Waals surface area contributed by atoms with Crippen LogP contribution in [0.15, 0.2) is 24.3 Å². The number of hydrogen-bond acceptors (Lipinski definition) is 4. The molecule has 1 aliphatic rings. The van der Waals surface area contributed by atoms with Crippen molar-refractivity contribution >= 4 is 11.9 Å². The largest absolute Gasteiger partial charge is 0.481 e. The van der Waals surface area contributed by atoms with Crippen LogP contribution in [-0.2, 0) is 4.79 Å². The Balaban J connectivity index is 1.69. The minimum Gasteiger partial charge on any atom is -0.481 e. The molecule has 7 heteroatoms. The second-order valence-electron chi connectivity index (χ2n) is 6.63. The van der Waals surface area contributed by atoms with Gasteiger partial charge in [0, 0.05) is 6.04 Å². The van der Waals surface area contributed by atoms with Crippen LogP contribution in [0.2, 0.25) is 0 Å². The third kappa shape index (κ3) is 3.70. The van der Waals surface area contributed by atoms with Gasteiger partial charge < -0.3 is 10.4 Å². The molecule has 1 fully saturated rings. The summed E-state index contributed by atoms with van der Waals surface area (Å²) in [7, 11) is 0. The van der Waals surface area contributed by atoms with Crippen LogP contribution < -0.4 is 5.32 Å². The van der Waals surface area contributed by atoms with Gasteiger partial charge in [0.2, 0.25) is 0 Å². The number of nitrogens with zero attached hydrogens (tertiary/aromatic N) is 3. The Labute approximate surface area is 146 Å². The Bertz CT molecular complexity index is 791. The predicted octanol–water partition coefficient (Wildman–Crippen LogP) is 2.26. The molecule has 25 heavy (non-hydrogen) atoms. The zero-order chi connectivity index (χ0) is 18.0. The number of aryl methyl sites for hydroxylation is 1. The summed E-state index contributed by atoms with van der Waals surface area (Å²) in [5.74, 6) is -1.30. The average molecular weight is 342 g/mol. The maximum atomic E-state index is 12.5. The van der Waals surface area contributed by atoms with Gasteiger partial charge in [-0.3, -0.25) is 9.59 Å². The van der Waals surface area contributed by atoms with Gasteiger partial charge in [0.15, 0.2) is 5.69 Å². The Hall–Kier alpha value is -2.70. The van der Waals surface area contributed by atoms with Gasteiger partial charge in [0.05, 0.1) is 17.3 Å². The van der Waals surface area contributed by atoms with Crippen LogP contribution in [-0.4, -0.2) is 38.0 Å². The smallest absolute Gasteiger partial charge is 0.306 e. The van der Waals surface area contributed by atoms with E-state index in [2.05, 4.69) is 15.6 Å². The molecular formula is C18H22N4O3. The second kappa shape index (κ2) is 7.04. The second-order valence-corrected chi connectivity index (χ2v) is 6.63. The number of aliphatic carboxylic acids is 1. The number of amides is 1. The van der Waals surface area contributed by atoms with E-state index < -0.39 is 5.97 Å². The summed E-state index contributed by atoms with van der Waals surface area (Å²) >= 11 is 0. The van der Waals surface area contributed by atoms with Crippen molar-refractivity contribution < 1.29 is 14.7 Å². The SMILES string of the molecule is Cc1cccc(-n2nnc(C(=O)NC3CCC(C(=O)O)CC3)c2C)c1. The maximum absolute atomic E-state index is 12.5. The van der Waals surface area contributed by atoms with E-state index in [1.165, 1.54) is 0 Å². The van der Waals surface area contributed by atoms with Crippen LogP contribution in [0, 0.1) is 19.8 Å². The van der Waals surface area contributed by atoms with E-state index in [9.17, 15) is 9.59 Å². The van der Waals surface area contributed by atoms with Gasteiger partial charge in [-0.2, -0.15) is 0 Å². The van der Waals surface area contributed by atoms with Crippen LogP contribution in [0.5, 0.6) is 0 Å². The Morgan fingerprint density at radius 3 is 2.56 bits per heavy atom. The first-order chi connectivity index (χ1) is 12.0. The molecule has 1 aromatic carbocycles.